The summed E-state index contributed by atoms with van der Waals surface area (Å²) in [5.41, 5.74) is 0.338. The molecule has 4 aliphatic carbocycles. The van der Waals surface area contributed by atoms with E-state index in [9.17, 15) is 10.2 Å². The molecule has 0 radical (unpaired) electrons. The molecule has 0 spiro atoms. The van der Waals surface area contributed by atoms with E-state index in [0.29, 0.717) is 40.9 Å². The number of fused-ring (bicyclic) bond motifs is 5. The van der Waals surface area contributed by atoms with Gasteiger partial charge in [-0.25, -0.2) is 0 Å². The van der Waals surface area contributed by atoms with Gasteiger partial charge >= 0.3 is 0 Å². The zero-order chi connectivity index (χ0) is 21.8. The zero-order valence-electron chi connectivity index (χ0n) is 20.7. The van der Waals surface area contributed by atoms with Crippen LogP contribution in [0, 0.1) is 58.2 Å². The molecule has 30 heavy (non-hydrogen) atoms. The van der Waals surface area contributed by atoms with Gasteiger partial charge in [-0.1, -0.05) is 67.2 Å². The number of rotatable bonds is 5. The van der Waals surface area contributed by atoms with Gasteiger partial charge in [0.25, 0.3) is 0 Å². The van der Waals surface area contributed by atoms with Crippen molar-refractivity contribution in [2.24, 2.45) is 58.2 Å². The summed E-state index contributed by atoms with van der Waals surface area (Å²) in [7, 11) is 0. The summed E-state index contributed by atoms with van der Waals surface area (Å²) in [6, 6.07) is 0. The molecule has 4 aliphatic rings. The van der Waals surface area contributed by atoms with E-state index in [1.165, 1.54) is 51.4 Å². The van der Waals surface area contributed by atoms with E-state index in [4.69, 9.17) is 0 Å². The molecular weight excluding hydrogens is 368 g/mol. The largest absolute Gasteiger partial charge is 0.393 e. The Morgan fingerprint density at radius 1 is 0.900 bits per heavy atom. The highest BCUT2D eigenvalue weighted by Crippen LogP contribution is 2.68. The van der Waals surface area contributed by atoms with E-state index in [2.05, 4.69) is 41.5 Å². The van der Waals surface area contributed by atoms with Gasteiger partial charge in [0.1, 0.15) is 0 Å². The smallest absolute Gasteiger partial charge is 0.0602 e. The van der Waals surface area contributed by atoms with Crippen LogP contribution in [0.4, 0.5) is 0 Å². The van der Waals surface area contributed by atoms with Crippen LogP contribution >= 0.6 is 0 Å². The molecule has 0 saturated heterocycles. The Morgan fingerprint density at radius 2 is 1.63 bits per heavy atom. The summed E-state index contributed by atoms with van der Waals surface area (Å²) in [5.74, 6) is 4.99. The van der Waals surface area contributed by atoms with E-state index in [1.807, 2.05) is 0 Å². The van der Waals surface area contributed by atoms with E-state index in [1.54, 1.807) is 0 Å². The highest BCUT2D eigenvalue weighted by Gasteiger charge is 2.65. The second-order valence-electron chi connectivity index (χ2n) is 13.3. The molecule has 2 N–H and O–H groups in total. The van der Waals surface area contributed by atoms with Crippen molar-refractivity contribution in [1.29, 1.82) is 0 Å². The molecule has 2 nitrogen and oxygen atoms in total. The fraction of sp³-hybridized carbons (Fsp3) is 1.00. The molecule has 0 amide bonds. The number of hydrogen-bond acceptors (Lipinski definition) is 2. The first-order valence-corrected chi connectivity index (χ1v) is 13.4. The van der Waals surface area contributed by atoms with Crippen LogP contribution in [-0.4, -0.2) is 22.4 Å². The summed E-state index contributed by atoms with van der Waals surface area (Å²) < 4.78 is 0. The van der Waals surface area contributed by atoms with E-state index < -0.39 is 0 Å². The summed E-state index contributed by atoms with van der Waals surface area (Å²) >= 11 is 0. The molecule has 11 atom stereocenters. The first kappa shape index (κ1) is 23.1. The molecule has 4 fully saturated rings. The number of hydrogen-bond donors (Lipinski definition) is 2. The minimum Gasteiger partial charge on any atom is -0.393 e. The lowest BCUT2D eigenvalue weighted by Crippen LogP contribution is -2.62. The molecule has 0 aliphatic heterocycles. The van der Waals surface area contributed by atoms with Crippen LogP contribution in [0.25, 0.3) is 0 Å². The van der Waals surface area contributed by atoms with E-state index >= 15 is 0 Å². The molecule has 7 unspecified atom stereocenters. The van der Waals surface area contributed by atoms with Gasteiger partial charge in [0.15, 0.2) is 0 Å². The molecule has 174 valence electrons. The lowest BCUT2D eigenvalue weighted by atomic mass is 9.42. The maximum absolute atomic E-state index is 11.7. The van der Waals surface area contributed by atoms with Crippen LogP contribution in [0.2, 0.25) is 0 Å². The first-order valence-electron chi connectivity index (χ1n) is 13.4. The van der Waals surface area contributed by atoms with Crippen molar-refractivity contribution in [3.63, 3.8) is 0 Å². The maximum Gasteiger partial charge on any atom is 0.0602 e. The second-order valence-corrected chi connectivity index (χ2v) is 13.3. The highest BCUT2D eigenvalue weighted by atomic mass is 16.3. The van der Waals surface area contributed by atoms with Gasteiger partial charge in [0.2, 0.25) is 0 Å². The van der Waals surface area contributed by atoms with Crippen LogP contribution in [0.3, 0.4) is 0 Å². The lowest BCUT2D eigenvalue weighted by Gasteiger charge is -2.63. The Morgan fingerprint density at radius 3 is 2.33 bits per heavy atom. The van der Waals surface area contributed by atoms with Crippen molar-refractivity contribution in [3.05, 3.63) is 0 Å². The zero-order valence-corrected chi connectivity index (χ0v) is 20.7. The Hall–Kier alpha value is -0.0800. The van der Waals surface area contributed by atoms with Gasteiger partial charge < -0.3 is 10.2 Å². The molecule has 0 aromatic heterocycles. The fourth-order valence-corrected chi connectivity index (χ4v) is 9.42. The van der Waals surface area contributed by atoms with Gasteiger partial charge in [-0.2, -0.15) is 0 Å². The molecular formula is C28H50O2. The minimum atomic E-state index is -0.189. The third-order valence-corrected chi connectivity index (χ3v) is 11.3. The molecule has 4 rings (SSSR count). The molecule has 4 saturated carbocycles. The third kappa shape index (κ3) is 3.60. The SMILES string of the molecule is CC(C)CCCC(C)C1CCC2C3C(C[C@H](O)C12C)C1(C)CC[C@@H](C)C[C@H]1C[C@H]3O. The lowest BCUT2D eigenvalue weighted by molar-refractivity contribution is -0.203. The van der Waals surface area contributed by atoms with E-state index in [0.717, 1.165) is 24.7 Å². The summed E-state index contributed by atoms with van der Waals surface area (Å²) in [5, 5.41) is 23.1. The highest BCUT2D eigenvalue weighted by molar-refractivity contribution is 5.14. The van der Waals surface area contributed by atoms with Crippen molar-refractivity contribution in [2.45, 2.75) is 118 Å². The second kappa shape index (κ2) is 8.36. The number of aliphatic hydroxyl groups excluding tert-OH is 2. The third-order valence-electron chi connectivity index (χ3n) is 11.3. The normalized spacial score (nSPS) is 51.9. The van der Waals surface area contributed by atoms with Crippen LogP contribution < -0.4 is 0 Å². The van der Waals surface area contributed by atoms with Crippen molar-refractivity contribution in [1.82, 2.24) is 0 Å². The maximum atomic E-state index is 11.7. The summed E-state index contributed by atoms with van der Waals surface area (Å²) in [6.45, 7) is 14.4. The van der Waals surface area contributed by atoms with Crippen molar-refractivity contribution in [3.8, 4) is 0 Å². The topological polar surface area (TPSA) is 40.5 Å². The van der Waals surface area contributed by atoms with Crippen LogP contribution in [0.5, 0.6) is 0 Å². The monoisotopic (exact) mass is 418 g/mol. The molecule has 0 aromatic rings. The van der Waals surface area contributed by atoms with Crippen LogP contribution in [0.1, 0.15) is 106 Å². The minimum absolute atomic E-state index is 0.00451. The van der Waals surface area contributed by atoms with Crippen LogP contribution in [0.15, 0.2) is 0 Å². The van der Waals surface area contributed by atoms with Gasteiger partial charge in [0.05, 0.1) is 12.2 Å². The van der Waals surface area contributed by atoms with Gasteiger partial charge in [-0.15, -0.1) is 0 Å². The van der Waals surface area contributed by atoms with Gasteiger partial charge in [-0.05, 0) is 96.7 Å². The van der Waals surface area contributed by atoms with E-state index in [-0.39, 0.29) is 17.6 Å². The molecule has 2 heteroatoms. The summed E-state index contributed by atoms with van der Waals surface area (Å²) in [6.07, 6.45) is 12.0. The van der Waals surface area contributed by atoms with Crippen molar-refractivity contribution < 1.29 is 10.2 Å². The average Bonchev–Trinajstić information content (AvgIpc) is 3.02. The summed E-state index contributed by atoms with van der Waals surface area (Å²) in [4.78, 5) is 0. The Balaban J connectivity index is 1.56. The van der Waals surface area contributed by atoms with Gasteiger partial charge in [-0.3, -0.25) is 0 Å². The van der Waals surface area contributed by atoms with Crippen molar-refractivity contribution >= 4 is 0 Å². The van der Waals surface area contributed by atoms with Gasteiger partial charge in [0, 0.05) is 0 Å². The first-order chi connectivity index (χ1) is 14.1. The number of aliphatic hydroxyl groups is 2. The Bertz CT molecular complexity index is 601. The molecule has 0 heterocycles. The molecule has 0 aromatic carbocycles. The molecule has 0 bridgehead atoms. The Labute approximate surface area is 186 Å². The quantitative estimate of drug-likeness (QED) is 0.522. The Kier molecular flexibility index (Phi) is 6.44. The predicted molar refractivity (Wildman–Crippen MR) is 125 cm³/mol. The van der Waals surface area contributed by atoms with Crippen molar-refractivity contribution in [2.75, 3.05) is 0 Å². The standard InChI is InChI=1S/C28H50O2/c1-17(2)8-7-9-19(4)21-10-11-22-26-23(16-25(30)28(21,22)6)27(5)13-12-18(3)14-20(27)15-24(26)29/h17-26,29-30H,7-16H2,1-6H3/t18-,19?,20+,21?,22?,23?,24-,25+,26?,27?,28?/m1/s1. The van der Waals surface area contributed by atoms with Crippen LogP contribution in [-0.2, 0) is 0 Å². The fourth-order valence-electron chi connectivity index (χ4n) is 9.42. The average molecular weight is 419 g/mol. The predicted octanol–water partition coefficient (Wildman–Crippen LogP) is 6.69.